The van der Waals surface area contributed by atoms with Crippen molar-refractivity contribution in [3.63, 3.8) is 0 Å². The molecule has 0 amide bonds. The number of hydrogen-bond donors (Lipinski definition) is 0. The molecule has 4 aliphatic carbocycles. The summed E-state index contributed by atoms with van der Waals surface area (Å²) in [5.74, 6) is 1.71. The third-order valence-electron chi connectivity index (χ3n) is 8.75. The second-order valence-corrected chi connectivity index (χ2v) is 16.5. The number of rotatable bonds is 8. The van der Waals surface area contributed by atoms with Gasteiger partial charge in [-0.25, -0.2) is 0 Å². The molecule has 0 aliphatic heterocycles. The Morgan fingerprint density at radius 3 is 1.48 bits per heavy atom. The summed E-state index contributed by atoms with van der Waals surface area (Å²) in [5.41, 5.74) is 4.40. The predicted molar refractivity (Wildman–Crippen MR) is 175 cm³/mol. The molecule has 0 bridgehead atoms. The van der Waals surface area contributed by atoms with E-state index in [1.54, 1.807) is 11.6 Å². The van der Waals surface area contributed by atoms with E-state index >= 15 is 0 Å². The zero-order chi connectivity index (χ0) is 26.7. The van der Waals surface area contributed by atoms with Crippen LogP contribution in [0.15, 0.2) is 60.7 Å². The fourth-order valence-electron chi connectivity index (χ4n) is 6.97. The largest absolute Gasteiger partial charge is 2.00 e. The minimum atomic E-state index is -0.517. The van der Waals surface area contributed by atoms with E-state index in [0.29, 0.717) is 0 Å². The van der Waals surface area contributed by atoms with Crippen LogP contribution in [0, 0.1) is 62.9 Å². The second-order valence-electron chi connectivity index (χ2n) is 11.3. The normalized spacial score (nSPS) is 22.2. The first kappa shape index (κ1) is 32.7. The van der Waals surface area contributed by atoms with E-state index in [1.165, 1.54) is 81.2 Å². The molecule has 1 atom stereocenters. The molecular weight excluding hydrogens is 562 g/mol. The fraction of sp³-hybridized carbons (Fsp3) is 0.405. The molecule has 40 heavy (non-hydrogen) atoms. The Morgan fingerprint density at radius 1 is 0.600 bits per heavy atom. The van der Waals surface area contributed by atoms with Crippen LogP contribution in [0.1, 0.15) is 77.6 Å². The van der Waals surface area contributed by atoms with Crippen molar-refractivity contribution in [1.82, 2.24) is 0 Å². The van der Waals surface area contributed by atoms with Crippen LogP contribution >= 0.6 is 15.8 Å². The topological polar surface area (TPSA) is 0 Å². The molecule has 4 aliphatic rings. The first-order chi connectivity index (χ1) is 19.4. The maximum atomic E-state index is 2.53. The van der Waals surface area contributed by atoms with Crippen molar-refractivity contribution >= 4 is 26.5 Å². The maximum absolute atomic E-state index is 2.53. The van der Waals surface area contributed by atoms with Gasteiger partial charge >= 0.3 is 17.1 Å². The summed E-state index contributed by atoms with van der Waals surface area (Å²) in [6, 6.07) is 22.7. The Labute approximate surface area is 260 Å². The summed E-state index contributed by atoms with van der Waals surface area (Å²) < 4.78 is 0. The summed E-state index contributed by atoms with van der Waals surface area (Å²) in [4.78, 5) is 0. The van der Waals surface area contributed by atoms with Gasteiger partial charge in [0.2, 0.25) is 0 Å². The average molecular weight is 609 g/mol. The van der Waals surface area contributed by atoms with E-state index < -0.39 is 7.92 Å². The van der Waals surface area contributed by atoms with Gasteiger partial charge in [0.15, 0.2) is 0 Å². The van der Waals surface area contributed by atoms with Gasteiger partial charge in [-0.2, -0.15) is 0 Å². The molecule has 0 unspecified atom stereocenters. The number of hydrogen-bond acceptors (Lipinski definition) is 0. The molecule has 2 aromatic carbocycles. The molecule has 4 saturated carbocycles. The van der Waals surface area contributed by atoms with Crippen LogP contribution in [0.2, 0.25) is 0 Å². The molecule has 0 saturated heterocycles. The molecule has 10 radical (unpaired) electrons. The van der Waals surface area contributed by atoms with E-state index in [2.05, 4.69) is 86.8 Å². The van der Waals surface area contributed by atoms with Crippen LogP contribution in [0.5, 0.6) is 0 Å². The Bertz CT molecular complexity index is 853. The molecule has 3 heteroatoms. The zero-order valence-electron chi connectivity index (χ0n) is 24.2. The van der Waals surface area contributed by atoms with Crippen molar-refractivity contribution in [3.8, 4) is 0 Å². The summed E-state index contributed by atoms with van der Waals surface area (Å²) >= 11 is 0. The Morgan fingerprint density at radius 2 is 1.05 bits per heavy atom. The Kier molecular flexibility index (Phi) is 14.6. The van der Waals surface area contributed by atoms with Gasteiger partial charge in [0.1, 0.15) is 0 Å². The van der Waals surface area contributed by atoms with E-state index in [1.807, 2.05) is 32.1 Å². The predicted octanol–water partition coefficient (Wildman–Crippen LogP) is 9.80. The van der Waals surface area contributed by atoms with Crippen LogP contribution in [0.25, 0.3) is 0 Å². The van der Waals surface area contributed by atoms with Crippen molar-refractivity contribution < 1.29 is 17.1 Å². The van der Waals surface area contributed by atoms with Gasteiger partial charge in [-0.05, 0) is 125 Å². The van der Waals surface area contributed by atoms with Crippen molar-refractivity contribution in [2.75, 3.05) is 0 Å². The fourth-order valence-corrected chi connectivity index (χ4v) is 14.1. The summed E-state index contributed by atoms with van der Waals surface area (Å²) in [5, 5.41) is 2.98. The van der Waals surface area contributed by atoms with Crippen molar-refractivity contribution in [3.05, 3.63) is 124 Å². The minimum Gasteiger partial charge on any atom is -0.0965 e. The summed E-state index contributed by atoms with van der Waals surface area (Å²) in [6.45, 7) is 2.50. The van der Waals surface area contributed by atoms with Crippen molar-refractivity contribution in [2.45, 2.75) is 94.5 Å². The monoisotopic (exact) mass is 608 g/mol. The quantitative estimate of drug-likeness (QED) is 0.207. The van der Waals surface area contributed by atoms with Gasteiger partial charge in [0, 0.05) is 5.66 Å². The van der Waals surface area contributed by atoms with Crippen LogP contribution in [-0.4, -0.2) is 17.0 Å². The molecule has 0 nitrogen and oxygen atoms in total. The second kappa shape index (κ2) is 17.8. The summed E-state index contributed by atoms with van der Waals surface area (Å²) in [6.07, 6.45) is 33.5. The van der Waals surface area contributed by atoms with Crippen molar-refractivity contribution in [2.24, 2.45) is 0 Å². The van der Waals surface area contributed by atoms with Crippen molar-refractivity contribution in [1.29, 1.82) is 0 Å². The Hall–Kier alpha value is -0.181. The third kappa shape index (κ3) is 8.69. The number of benzene rings is 2. The maximum Gasteiger partial charge on any atom is 2.00 e. The smallest absolute Gasteiger partial charge is 0.0965 e. The first-order valence-electron chi connectivity index (χ1n) is 15.5. The SMILES string of the molecule is CC[C@H]([C]1[CH][CH][CH][C]1P(c1ccccc1)c1ccccc1)P(C1CCCCC1)C1CCCCC1.[CH]1[CH][CH][CH][CH]1.[Fe+2]. The van der Waals surface area contributed by atoms with Gasteiger partial charge in [0.05, 0.1) is 0 Å². The van der Waals surface area contributed by atoms with Crippen LogP contribution in [0.3, 0.4) is 0 Å². The molecule has 0 heterocycles. The molecular formula is C37H46FeP2+2. The van der Waals surface area contributed by atoms with E-state index in [9.17, 15) is 0 Å². The van der Waals surface area contributed by atoms with Crippen LogP contribution < -0.4 is 10.6 Å². The summed E-state index contributed by atoms with van der Waals surface area (Å²) in [7, 11) is -0.497. The molecule has 0 spiro atoms. The molecule has 210 valence electrons. The first-order valence-corrected chi connectivity index (χ1v) is 18.4. The van der Waals surface area contributed by atoms with Gasteiger partial charge in [-0.15, -0.1) is 0 Å². The van der Waals surface area contributed by atoms with Gasteiger partial charge in [0.25, 0.3) is 0 Å². The average Bonchev–Trinajstić information content (AvgIpc) is 3.75. The van der Waals surface area contributed by atoms with E-state index in [4.69, 9.17) is 0 Å². The van der Waals surface area contributed by atoms with Gasteiger partial charge < -0.3 is 0 Å². The molecule has 6 rings (SSSR count). The van der Waals surface area contributed by atoms with Gasteiger partial charge in [-0.1, -0.05) is 114 Å². The third-order valence-corrected chi connectivity index (χ3v) is 15.3. The molecule has 4 fully saturated rings. The zero-order valence-corrected chi connectivity index (χ0v) is 27.0. The minimum absolute atomic E-state index is 0. The molecule has 0 N–H and O–H groups in total. The van der Waals surface area contributed by atoms with Gasteiger partial charge in [-0.3, -0.25) is 0 Å². The van der Waals surface area contributed by atoms with E-state index in [0.717, 1.165) is 17.0 Å². The molecule has 0 aromatic heterocycles. The van der Waals surface area contributed by atoms with Crippen LogP contribution in [0.4, 0.5) is 0 Å². The molecule has 2 aromatic rings. The Balaban J connectivity index is 0.000000557. The van der Waals surface area contributed by atoms with E-state index in [-0.39, 0.29) is 25.0 Å². The van der Waals surface area contributed by atoms with Crippen LogP contribution in [-0.2, 0) is 17.1 Å². The standard InChI is InChI=1S/C32H41P2.C5H5.Fe/c1-2-31(33(26-16-7-3-8-17-26)27-18-9-4-10-19-27)30-24-15-25-32(30)34(28-20-11-5-12-21-28)29-22-13-6-14-23-29;1-2-4-5-3-1;/h5-6,11-15,20-27,31H,2-4,7-10,16-19H2,1H3;1-5H;/q;;+2/t31-;;/m1../s1.